The third-order valence-electron chi connectivity index (χ3n) is 2.50. The van der Waals surface area contributed by atoms with E-state index in [4.69, 9.17) is 9.84 Å². The minimum absolute atomic E-state index is 0.127. The highest BCUT2D eigenvalue weighted by Crippen LogP contribution is 2.34. The lowest BCUT2D eigenvalue weighted by atomic mass is 10.3. The minimum atomic E-state index is -1.02. The Hall–Kier alpha value is -1.15. The number of carboxylic acid groups (broad SMARTS) is 1. The van der Waals surface area contributed by atoms with Gasteiger partial charge in [0.15, 0.2) is 0 Å². The molecule has 120 valence electrons. The highest BCUT2D eigenvalue weighted by atomic mass is 33.1. The first-order valence-corrected chi connectivity index (χ1v) is 8.79. The van der Waals surface area contributed by atoms with Crippen LogP contribution in [0.4, 0.5) is 0 Å². The number of hydrogen-bond acceptors (Lipinski definition) is 6. The van der Waals surface area contributed by atoms with Crippen LogP contribution in [0.2, 0.25) is 0 Å². The van der Waals surface area contributed by atoms with Gasteiger partial charge in [0.1, 0.15) is 0 Å². The Morgan fingerprint density at radius 2 is 1.95 bits per heavy atom. The van der Waals surface area contributed by atoms with E-state index in [1.165, 1.54) is 4.90 Å². The van der Waals surface area contributed by atoms with Crippen LogP contribution < -0.4 is 0 Å². The van der Waals surface area contributed by atoms with E-state index in [-0.39, 0.29) is 19.4 Å². The lowest BCUT2D eigenvalue weighted by Gasteiger charge is -2.17. The van der Waals surface area contributed by atoms with Crippen molar-refractivity contribution in [1.82, 2.24) is 4.90 Å². The zero-order chi connectivity index (χ0) is 16.3. The Bertz CT molecular complexity index is 398. The quantitative estimate of drug-likeness (QED) is 0.353. The van der Waals surface area contributed by atoms with Gasteiger partial charge in [0.2, 0.25) is 6.41 Å². The number of carbonyl (C=O) groups is 3. The van der Waals surface area contributed by atoms with Gasteiger partial charge in [0.05, 0.1) is 19.4 Å². The molecule has 1 N–H and O–H groups in total. The number of ether oxygens (including phenoxy) is 1. The molecule has 0 aromatic carbocycles. The third kappa shape index (κ3) is 9.41. The van der Waals surface area contributed by atoms with Crippen molar-refractivity contribution in [2.45, 2.75) is 33.1 Å². The summed E-state index contributed by atoms with van der Waals surface area (Å²) in [5, 5.41) is 8.47. The van der Waals surface area contributed by atoms with Gasteiger partial charge in [-0.3, -0.25) is 14.4 Å². The maximum absolute atomic E-state index is 11.3. The van der Waals surface area contributed by atoms with Crippen LogP contribution in [0.5, 0.6) is 0 Å². The van der Waals surface area contributed by atoms with E-state index in [0.717, 1.165) is 22.8 Å². The normalized spacial score (nSPS) is 11.6. The summed E-state index contributed by atoms with van der Waals surface area (Å²) in [7, 11) is 4.86. The summed E-state index contributed by atoms with van der Waals surface area (Å²) in [5.41, 5.74) is 0.817. The number of rotatable bonds is 11. The SMILES string of the molecule is CCSSC(CCOC(=O)CCC(=O)O)=C(C)N(C)C=O. The molecule has 0 aromatic rings. The average Bonchev–Trinajstić information content (AvgIpc) is 2.46. The number of carbonyl (C=O) groups excluding carboxylic acids is 2. The molecule has 0 heterocycles. The second-order valence-electron chi connectivity index (χ2n) is 4.08. The van der Waals surface area contributed by atoms with Gasteiger partial charge in [-0.2, -0.15) is 0 Å². The van der Waals surface area contributed by atoms with Crippen LogP contribution in [-0.4, -0.2) is 47.8 Å². The molecule has 0 aliphatic carbocycles. The first kappa shape index (κ1) is 19.9. The van der Waals surface area contributed by atoms with Crippen LogP contribution in [-0.2, 0) is 19.1 Å². The average molecular weight is 335 g/mol. The molecular weight excluding hydrogens is 314 g/mol. The van der Waals surface area contributed by atoms with Crippen LogP contribution in [0, 0.1) is 0 Å². The van der Waals surface area contributed by atoms with Crippen molar-refractivity contribution in [2.24, 2.45) is 0 Å². The Kier molecular flexibility index (Phi) is 10.9. The maximum atomic E-state index is 11.3. The monoisotopic (exact) mass is 335 g/mol. The second kappa shape index (κ2) is 11.5. The molecule has 6 nitrogen and oxygen atoms in total. The molecule has 0 spiro atoms. The van der Waals surface area contributed by atoms with E-state index in [1.807, 2.05) is 13.8 Å². The van der Waals surface area contributed by atoms with Crippen molar-refractivity contribution < 1.29 is 24.2 Å². The molecule has 0 radical (unpaired) electrons. The lowest BCUT2D eigenvalue weighted by molar-refractivity contribution is -0.147. The first-order chi connectivity index (χ1) is 9.92. The topological polar surface area (TPSA) is 83.9 Å². The summed E-state index contributed by atoms with van der Waals surface area (Å²) in [5.74, 6) is -0.623. The molecular formula is C13H21NO5S2. The highest BCUT2D eigenvalue weighted by molar-refractivity contribution is 8.78. The molecule has 0 fully saturated rings. The third-order valence-corrected chi connectivity index (χ3v) is 5.22. The number of hydrogen-bond donors (Lipinski definition) is 1. The second-order valence-corrected chi connectivity index (χ2v) is 6.76. The molecule has 0 aromatic heterocycles. The van der Waals surface area contributed by atoms with Crippen LogP contribution in [0.15, 0.2) is 10.6 Å². The van der Waals surface area contributed by atoms with E-state index in [1.54, 1.807) is 28.6 Å². The smallest absolute Gasteiger partial charge is 0.306 e. The van der Waals surface area contributed by atoms with Gasteiger partial charge in [-0.1, -0.05) is 28.5 Å². The van der Waals surface area contributed by atoms with Gasteiger partial charge in [-0.25, -0.2) is 0 Å². The molecule has 8 heteroatoms. The minimum Gasteiger partial charge on any atom is -0.481 e. The van der Waals surface area contributed by atoms with E-state index in [2.05, 4.69) is 0 Å². The number of amides is 1. The van der Waals surface area contributed by atoms with Gasteiger partial charge in [0.25, 0.3) is 0 Å². The summed E-state index contributed by atoms with van der Waals surface area (Å²) in [6.07, 6.45) is 0.874. The van der Waals surface area contributed by atoms with Crippen LogP contribution >= 0.6 is 21.6 Å². The number of carboxylic acids is 1. The zero-order valence-corrected chi connectivity index (χ0v) is 14.1. The van der Waals surface area contributed by atoms with Gasteiger partial charge >= 0.3 is 11.9 Å². The molecule has 0 atom stereocenters. The number of nitrogens with zero attached hydrogens (tertiary/aromatic N) is 1. The van der Waals surface area contributed by atoms with E-state index >= 15 is 0 Å². The Labute approximate surface area is 132 Å². The fourth-order valence-corrected chi connectivity index (χ4v) is 3.31. The Morgan fingerprint density at radius 3 is 2.48 bits per heavy atom. The number of aliphatic carboxylic acids is 1. The summed E-state index contributed by atoms with van der Waals surface area (Å²) in [6.45, 7) is 4.04. The van der Waals surface area contributed by atoms with Crippen molar-refractivity contribution in [3.8, 4) is 0 Å². The Morgan fingerprint density at radius 1 is 1.29 bits per heavy atom. The largest absolute Gasteiger partial charge is 0.481 e. The summed E-state index contributed by atoms with van der Waals surface area (Å²) < 4.78 is 5.00. The van der Waals surface area contributed by atoms with Crippen molar-refractivity contribution >= 4 is 39.9 Å². The fraction of sp³-hybridized carbons (Fsp3) is 0.615. The zero-order valence-electron chi connectivity index (χ0n) is 12.5. The van der Waals surface area contributed by atoms with Gasteiger partial charge < -0.3 is 14.7 Å². The molecule has 0 bridgehead atoms. The van der Waals surface area contributed by atoms with E-state index < -0.39 is 11.9 Å². The standard InChI is InChI=1S/C13H21NO5S2/c1-4-20-21-11(10(2)14(3)9-15)7-8-19-13(18)6-5-12(16)17/h9H,4-8H2,1-3H3,(H,16,17). The summed E-state index contributed by atoms with van der Waals surface area (Å²) >= 11 is 0. The Balaban J connectivity index is 4.39. The van der Waals surface area contributed by atoms with Crippen molar-refractivity contribution in [3.63, 3.8) is 0 Å². The van der Waals surface area contributed by atoms with Gasteiger partial charge in [0, 0.05) is 29.8 Å². The number of allylic oxidation sites excluding steroid dienone is 1. The predicted octanol–water partition coefficient (Wildman–Crippen LogP) is 2.51. The molecule has 0 saturated carbocycles. The molecule has 1 amide bonds. The van der Waals surface area contributed by atoms with E-state index in [9.17, 15) is 14.4 Å². The molecule has 0 unspecified atom stereocenters. The molecule has 21 heavy (non-hydrogen) atoms. The molecule has 0 saturated heterocycles. The number of esters is 1. The first-order valence-electron chi connectivity index (χ1n) is 6.47. The summed E-state index contributed by atoms with van der Waals surface area (Å²) in [4.78, 5) is 34.9. The van der Waals surface area contributed by atoms with Crippen LogP contribution in [0.1, 0.15) is 33.1 Å². The van der Waals surface area contributed by atoms with Crippen molar-refractivity contribution in [2.75, 3.05) is 19.4 Å². The highest BCUT2D eigenvalue weighted by Gasteiger charge is 2.11. The van der Waals surface area contributed by atoms with E-state index in [0.29, 0.717) is 6.42 Å². The van der Waals surface area contributed by atoms with Gasteiger partial charge in [-0.05, 0) is 6.92 Å². The fourth-order valence-electron chi connectivity index (χ4n) is 1.23. The molecule has 0 aliphatic rings. The van der Waals surface area contributed by atoms with Gasteiger partial charge in [-0.15, -0.1) is 0 Å². The van der Waals surface area contributed by atoms with Crippen molar-refractivity contribution in [1.29, 1.82) is 0 Å². The maximum Gasteiger partial charge on any atom is 0.306 e. The molecule has 0 aliphatic heterocycles. The van der Waals surface area contributed by atoms with Crippen molar-refractivity contribution in [3.05, 3.63) is 10.6 Å². The molecule has 0 rings (SSSR count). The van der Waals surface area contributed by atoms with Crippen LogP contribution in [0.3, 0.4) is 0 Å². The summed E-state index contributed by atoms with van der Waals surface area (Å²) in [6, 6.07) is 0. The predicted molar refractivity (Wildman–Crippen MR) is 84.7 cm³/mol. The van der Waals surface area contributed by atoms with Crippen LogP contribution in [0.25, 0.3) is 0 Å². The lowest BCUT2D eigenvalue weighted by Crippen LogP contribution is -2.15.